The van der Waals surface area contributed by atoms with Gasteiger partial charge < -0.3 is 30.7 Å². The molecule has 3 aromatic rings. The van der Waals surface area contributed by atoms with Crippen LogP contribution in [0.25, 0.3) is 0 Å². The van der Waals surface area contributed by atoms with E-state index in [1.54, 1.807) is 12.1 Å². The number of phenols is 1. The Morgan fingerprint density at radius 1 is 1.00 bits per heavy atom. The second-order valence-corrected chi connectivity index (χ2v) is 8.82. The van der Waals surface area contributed by atoms with Crippen molar-refractivity contribution in [2.75, 3.05) is 13.7 Å². The molecule has 2 atom stereocenters. The summed E-state index contributed by atoms with van der Waals surface area (Å²) in [5.74, 6) is -1.67. The van der Waals surface area contributed by atoms with Crippen LogP contribution in [0.1, 0.15) is 29.2 Å². The molecule has 0 heterocycles. The Morgan fingerprint density at radius 3 is 2.28 bits per heavy atom. The number of aromatic hydroxyl groups is 1. The van der Waals surface area contributed by atoms with Gasteiger partial charge in [0.15, 0.2) is 11.5 Å². The van der Waals surface area contributed by atoms with Gasteiger partial charge in [0.25, 0.3) is 6.47 Å². The highest BCUT2D eigenvalue weighted by Gasteiger charge is 2.23. The van der Waals surface area contributed by atoms with Gasteiger partial charge in [0.05, 0.1) is 25.7 Å². The van der Waals surface area contributed by atoms with Crippen molar-refractivity contribution in [1.29, 1.82) is 0 Å². The first kappa shape index (κ1) is 31.2. The Kier molecular flexibility index (Phi) is 12.8. The summed E-state index contributed by atoms with van der Waals surface area (Å²) in [6, 6.07) is 15.0. The topological polar surface area (TPSA) is 128 Å². The van der Waals surface area contributed by atoms with Crippen LogP contribution in [0, 0.1) is 11.6 Å². The van der Waals surface area contributed by atoms with E-state index in [9.17, 15) is 23.8 Å². The Labute approximate surface area is 226 Å². The zero-order valence-electron chi connectivity index (χ0n) is 21.9. The number of aryl methyl sites for hydroxylation is 1. The lowest BCUT2D eigenvalue weighted by atomic mass is 10.00. The molecule has 0 spiro atoms. The second-order valence-electron chi connectivity index (χ2n) is 8.82. The SMILES string of the molecule is CCc1cccc(CNC[C@@H](O)[C@H](Cc2cc(F)cc(F)c2)NC(=O)Cc2ccc(OC)c(O)c2)c1.O=CO. The van der Waals surface area contributed by atoms with E-state index in [0.29, 0.717) is 17.7 Å². The van der Waals surface area contributed by atoms with Gasteiger partial charge in [-0.25, -0.2) is 8.78 Å². The highest BCUT2D eigenvalue weighted by Crippen LogP contribution is 2.26. The predicted octanol–water partition coefficient (Wildman–Crippen LogP) is 3.36. The maximum absolute atomic E-state index is 13.7. The average Bonchev–Trinajstić information content (AvgIpc) is 2.88. The molecule has 3 rings (SSSR count). The first-order valence-electron chi connectivity index (χ1n) is 12.3. The van der Waals surface area contributed by atoms with Crippen LogP contribution in [0.15, 0.2) is 60.7 Å². The van der Waals surface area contributed by atoms with E-state index < -0.39 is 29.7 Å². The minimum absolute atomic E-state index is 0.0302. The van der Waals surface area contributed by atoms with Crippen LogP contribution in [0.3, 0.4) is 0 Å². The smallest absolute Gasteiger partial charge is 0.290 e. The fourth-order valence-electron chi connectivity index (χ4n) is 4.02. The van der Waals surface area contributed by atoms with Crippen molar-refractivity contribution in [2.24, 2.45) is 0 Å². The van der Waals surface area contributed by atoms with E-state index in [1.165, 1.54) is 30.9 Å². The van der Waals surface area contributed by atoms with Crippen LogP contribution in [0.5, 0.6) is 11.5 Å². The first-order chi connectivity index (χ1) is 18.7. The number of carbonyl (C=O) groups excluding carboxylic acids is 1. The summed E-state index contributed by atoms with van der Waals surface area (Å²) in [4.78, 5) is 21.1. The van der Waals surface area contributed by atoms with Gasteiger partial charge >= 0.3 is 0 Å². The molecule has 0 aliphatic heterocycles. The number of hydrogen-bond donors (Lipinski definition) is 5. The van der Waals surface area contributed by atoms with Crippen LogP contribution < -0.4 is 15.4 Å². The van der Waals surface area contributed by atoms with Crippen molar-refractivity contribution in [3.63, 3.8) is 0 Å². The van der Waals surface area contributed by atoms with Crippen molar-refractivity contribution in [2.45, 2.75) is 44.9 Å². The quantitative estimate of drug-likeness (QED) is 0.221. The second kappa shape index (κ2) is 16.1. The van der Waals surface area contributed by atoms with Crippen LogP contribution in [-0.2, 0) is 35.4 Å². The summed E-state index contributed by atoms with van der Waals surface area (Å²) in [7, 11) is 1.43. The number of hydrogen-bond acceptors (Lipinski definition) is 6. The molecule has 210 valence electrons. The number of aliphatic hydroxyl groups is 1. The standard InChI is InChI=1S/C28H32F2N2O4.CH2O2/c1-3-18-5-4-6-20(9-18)16-31-17-26(34)24(12-21-10-22(29)15-23(30)11-21)32-28(35)14-19-7-8-27(36-2)25(33)13-19;2-1-3/h4-11,13,15,24,26,31,33-34H,3,12,14,16-17H2,1-2H3,(H,32,35);1H,(H,2,3)/t24-,26+;/m0./s1. The van der Waals surface area contributed by atoms with Crippen molar-refractivity contribution in [1.82, 2.24) is 10.6 Å². The molecule has 0 aromatic heterocycles. The zero-order valence-corrected chi connectivity index (χ0v) is 21.9. The lowest BCUT2D eigenvalue weighted by Gasteiger charge is -2.25. The van der Waals surface area contributed by atoms with Gasteiger partial charge in [-0.15, -0.1) is 0 Å². The summed E-state index contributed by atoms with van der Waals surface area (Å²) in [6.07, 6.45) is -0.141. The summed E-state index contributed by atoms with van der Waals surface area (Å²) in [6.45, 7) is 2.50. The van der Waals surface area contributed by atoms with Crippen LogP contribution in [0.2, 0.25) is 0 Å². The summed E-state index contributed by atoms with van der Waals surface area (Å²) in [5.41, 5.74) is 3.13. The Hall–Kier alpha value is -4.02. The molecule has 0 aliphatic carbocycles. The van der Waals surface area contributed by atoms with E-state index in [0.717, 1.165) is 18.1 Å². The first-order valence-corrected chi connectivity index (χ1v) is 12.3. The number of carboxylic acid groups (broad SMARTS) is 1. The molecule has 0 radical (unpaired) electrons. The molecule has 0 saturated heterocycles. The fourth-order valence-corrected chi connectivity index (χ4v) is 4.02. The van der Waals surface area contributed by atoms with E-state index >= 15 is 0 Å². The van der Waals surface area contributed by atoms with Crippen molar-refractivity contribution in [3.8, 4) is 11.5 Å². The van der Waals surface area contributed by atoms with Gasteiger partial charge in [0, 0.05) is 19.2 Å². The Morgan fingerprint density at radius 2 is 1.67 bits per heavy atom. The number of nitrogens with one attached hydrogen (secondary N) is 2. The third-order valence-corrected chi connectivity index (χ3v) is 5.88. The van der Waals surface area contributed by atoms with Crippen LogP contribution >= 0.6 is 0 Å². The number of carbonyl (C=O) groups is 2. The van der Waals surface area contributed by atoms with Gasteiger partial charge in [-0.2, -0.15) is 0 Å². The van der Waals surface area contributed by atoms with Crippen LogP contribution in [-0.4, -0.2) is 53.5 Å². The highest BCUT2D eigenvalue weighted by atomic mass is 19.1. The molecule has 0 fully saturated rings. The minimum atomic E-state index is -1.03. The predicted molar refractivity (Wildman–Crippen MR) is 143 cm³/mol. The molecule has 0 aliphatic rings. The van der Waals surface area contributed by atoms with Gasteiger partial charge in [0.1, 0.15) is 11.6 Å². The van der Waals surface area contributed by atoms with E-state index in [4.69, 9.17) is 14.6 Å². The number of methoxy groups -OCH3 is 1. The largest absolute Gasteiger partial charge is 0.504 e. The number of rotatable bonds is 12. The third-order valence-electron chi connectivity index (χ3n) is 5.88. The lowest BCUT2D eigenvalue weighted by Crippen LogP contribution is -2.49. The third kappa shape index (κ3) is 10.7. The van der Waals surface area contributed by atoms with E-state index in [-0.39, 0.29) is 37.4 Å². The lowest BCUT2D eigenvalue weighted by molar-refractivity contribution is -0.123. The van der Waals surface area contributed by atoms with Gasteiger partial charge in [-0.3, -0.25) is 9.59 Å². The number of amides is 1. The fraction of sp³-hybridized carbons (Fsp3) is 0.310. The normalized spacial score (nSPS) is 12.0. The monoisotopic (exact) mass is 544 g/mol. The Bertz CT molecular complexity index is 1200. The summed E-state index contributed by atoms with van der Waals surface area (Å²) >= 11 is 0. The molecule has 39 heavy (non-hydrogen) atoms. The molecule has 8 nitrogen and oxygen atoms in total. The minimum Gasteiger partial charge on any atom is -0.504 e. The number of benzene rings is 3. The average molecular weight is 545 g/mol. The molecular weight excluding hydrogens is 510 g/mol. The van der Waals surface area contributed by atoms with Crippen molar-refractivity contribution >= 4 is 12.4 Å². The van der Waals surface area contributed by atoms with Gasteiger partial charge in [0.2, 0.25) is 5.91 Å². The van der Waals surface area contributed by atoms with Crippen molar-refractivity contribution in [3.05, 3.63) is 94.6 Å². The number of aliphatic hydroxyl groups excluding tert-OH is 1. The maximum atomic E-state index is 13.7. The molecule has 0 unspecified atom stereocenters. The van der Waals surface area contributed by atoms with Gasteiger partial charge in [-0.1, -0.05) is 37.3 Å². The molecule has 5 N–H and O–H groups in total. The molecular formula is C29H34F2N2O6. The molecule has 3 aromatic carbocycles. The van der Waals surface area contributed by atoms with E-state index in [1.807, 2.05) is 18.2 Å². The molecule has 1 amide bonds. The highest BCUT2D eigenvalue weighted by molar-refractivity contribution is 5.79. The van der Waals surface area contributed by atoms with E-state index in [2.05, 4.69) is 23.6 Å². The maximum Gasteiger partial charge on any atom is 0.290 e. The molecule has 10 heteroatoms. The summed E-state index contributed by atoms with van der Waals surface area (Å²) in [5, 5.41) is 33.7. The number of ether oxygens (including phenoxy) is 1. The van der Waals surface area contributed by atoms with Crippen molar-refractivity contribution < 1.29 is 38.4 Å². The van der Waals surface area contributed by atoms with Gasteiger partial charge in [-0.05, 0) is 59.4 Å². The number of halogens is 2. The van der Waals surface area contributed by atoms with Crippen LogP contribution in [0.4, 0.5) is 8.78 Å². The summed E-state index contributed by atoms with van der Waals surface area (Å²) < 4.78 is 32.5. The Balaban J connectivity index is 0.00000170. The molecule has 0 saturated carbocycles. The molecule has 0 bridgehead atoms. The zero-order chi connectivity index (χ0) is 28.8. The number of phenolic OH excluding ortho intramolecular Hbond substituents is 1.